The number of hydrogen-bond donors (Lipinski definition) is 1. The van der Waals surface area contributed by atoms with E-state index in [1.807, 2.05) is 36.4 Å². The first-order valence-electron chi connectivity index (χ1n) is 10.8. The lowest BCUT2D eigenvalue weighted by Gasteiger charge is -2.20. The highest BCUT2D eigenvalue weighted by Gasteiger charge is 2.29. The highest BCUT2D eigenvalue weighted by Crippen LogP contribution is 2.44. The lowest BCUT2D eigenvalue weighted by atomic mass is 9.98. The van der Waals surface area contributed by atoms with E-state index in [4.69, 9.17) is 15.0 Å². The molecular weight excluding hydrogens is 432 g/mol. The van der Waals surface area contributed by atoms with Crippen molar-refractivity contribution in [1.29, 1.82) is 0 Å². The summed E-state index contributed by atoms with van der Waals surface area (Å²) in [6.07, 6.45) is -0.685. The highest BCUT2D eigenvalue weighted by atomic mass is 16.6. The molecule has 8 nitrogen and oxygen atoms in total. The maximum absolute atomic E-state index is 12.6. The fourth-order valence-electron chi connectivity index (χ4n) is 4.00. The van der Waals surface area contributed by atoms with Crippen LogP contribution >= 0.6 is 0 Å². The molecular formula is C26H24N4O4. The molecule has 0 fully saturated rings. The molecule has 34 heavy (non-hydrogen) atoms. The number of nitrogens with zero attached hydrogens (tertiary/aromatic N) is 3. The summed E-state index contributed by atoms with van der Waals surface area (Å²) in [7, 11) is 0. The number of rotatable bonds is 5. The molecule has 1 amide bonds. The maximum atomic E-state index is 12.6. The van der Waals surface area contributed by atoms with Crippen LogP contribution < -0.4 is 5.32 Å². The molecule has 0 heterocycles. The number of nitrogens with one attached hydrogen (secondary N) is 1. The van der Waals surface area contributed by atoms with Gasteiger partial charge < -0.3 is 9.47 Å². The van der Waals surface area contributed by atoms with Gasteiger partial charge in [0.2, 0.25) is 0 Å². The molecule has 3 aromatic carbocycles. The Kier molecular flexibility index (Phi) is 6.25. The fourth-order valence-corrected chi connectivity index (χ4v) is 4.00. The van der Waals surface area contributed by atoms with Crippen LogP contribution in [0.25, 0.3) is 21.6 Å². The number of azide groups is 1. The predicted octanol–water partition coefficient (Wildman–Crippen LogP) is 6.94. The quantitative estimate of drug-likeness (QED) is 0.194. The van der Waals surface area contributed by atoms with Gasteiger partial charge in [-0.3, -0.25) is 5.32 Å². The molecule has 0 radical (unpaired) electrons. The van der Waals surface area contributed by atoms with E-state index in [0.29, 0.717) is 0 Å². The minimum atomic E-state index is -0.702. The summed E-state index contributed by atoms with van der Waals surface area (Å²) in [5, 5.41) is 6.17. The van der Waals surface area contributed by atoms with Crippen LogP contribution in [0.2, 0.25) is 0 Å². The van der Waals surface area contributed by atoms with Crippen molar-refractivity contribution in [3.63, 3.8) is 0 Å². The van der Waals surface area contributed by atoms with Gasteiger partial charge in [-0.05, 0) is 66.8 Å². The fraction of sp³-hybridized carbons (Fsp3) is 0.231. The van der Waals surface area contributed by atoms with Gasteiger partial charge in [0.25, 0.3) is 0 Å². The zero-order valence-corrected chi connectivity index (χ0v) is 19.1. The summed E-state index contributed by atoms with van der Waals surface area (Å²) in [4.78, 5) is 27.9. The zero-order valence-electron chi connectivity index (χ0n) is 19.1. The second-order valence-electron chi connectivity index (χ2n) is 8.91. The Morgan fingerprint density at radius 3 is 2.21 bits per heavy atom. The lowest BCUT2D eigenvalue weighted by Crippen LogP contribution is -2.24. The minimum Gasteiger partial charge on any atom is -0.456 e. The number of anilines is 1. The number of amides is 1. The predicted molar refractivity (Wildman–Crippen MR) is 129 cm³/mol. The van der Waals surface area contributed by atoms with Gasteiger partial charge in [0, 0.05) is 22.2 Å². The van der Waals surface area contributed by atoms with Gasteiger partial charge in [-0.25, -0.2) is 9.59 Å². The van der Waals surface area contributed by atoms with Crippen molar-refractivity contribution in [3.05, 3.63) is 93.9 Å². The second-order valence-corrected chi connectivity index (χ2v) is 8.91. The van der Waals surface area contributed by atoms with Crippen LogP contribution in [-0.4, -0.2) is 24.3 Å². The van der Waals surface area contributed by atoms with Crippen molar-refractivity contribution < 1.29 is 19.1 Å². The van der Waals surface area contributed by atoms with E-state index in [2.05, 4.69) is 27.5 Å². The van der Waals surface area contributed by atoms with Crippen molar-refractivity contribution in [2.75, 3.05) is 11.9 Å². The molecule has 0 aromatic heterocycles. The first kappa shape index (κ1) is 22.9. The van der Waals surface area contributed by atoms with Gasteiger partial charge in [-0.15, -0.1) is 0 Å². The summed E-state index contributed by atoms with van der Waals surface area (Å²) in [5.41, 5.74) is 13.2. The van der Waals surface area contributed by atoms with Crippen LogP contribution in [0, 0.1) is 0 Å². The van der Waals surface area contributed by atoms with E-state index in [1.165, 1.54) is 18.2 Å². The molecule has 1 aliphatic carbocycles. The average molecular weight is 457 g/mol. The third-order valence-electron chi connectivity index (χ3n) is 5.30. The zero-order chi connectivity index (χ0) is 24.3. The summed E-state index contributed by atoms with van der Waals surface area (Å²) in [5.74, 6) is -0.678. The van der Waals surface area contributed by atoms with Gasteiger partial charge in [0.15, 0.2) is 0 Å². The number of carbonyl (C=O) groups excluding carboxylic acids is 2. The standard InChI is InChI=1S/C26H24N4O4/c1-26(2,3)34-24(31)16-12-17(14-18(13-16)29-30-27)28-25(32)33-15-23-21-10-6-4-8-19(21)20-9-5-7-11-22(20)23/h4-14,23H,15H2,1-3H3,(H,28,32). The summed E-state index contributed by atoms with van der Waals surface area (Å²) >= 11 is 0. The van der Waals surface area contributed by atoms with E-state index in [1.54, 1.807) is 20.8 Å². The Morgan fingerprint density at radius 1 is 1.00 bits per heavy atom. The molecule has 4 rings (SSSR count). The van der Waals surface area contributed by atoms with Gasteiger partial charge in [0.1, 0.15) is 12.2 Å². The molecule has 0 bridgehead atoms. The molecule has 1 aliphatic rings. The Morgan fingerprint density at radius 2 is 1.62 bits per heavy atom. The van der Waals surface area contributed by atoms with Crippen molar-refractivity contribution in [1.82, 2.24) is 0 Å². The monoisotopic (exact) mass is 456 g/mol. The van der Waals surface area contributed by atoms with Gasteiger partial charge in [0.05, 0.1) is 5.56 Å². The number of esters is 1. The Labute approximate surface area is 197 Å². The number of hydrogen-bond acceptors (Lipinski definition) is 5. The topological polar surface area (TPSA) is 113 Å². The highest BCUT2D eigenvalue weighted by molar-refractivity contribution is 5.94. The molecule has 0 unspecified atom stereocenters. The molecule has 172 valence electrons. The summed E-state index contributed by atoms with van der Waals surface area (Å²) in [6, 6.07) is 20.4. The smallest absolute Gasteiger partial charge is 0.411 e. The number of benzene rings is 3. The molecule has 8 heteroatoms. The molecule has 0 spiro atoms. The van der Waals surface area contributed by atoms with Crippen LogP contribution in [-0.2, 0) is 9.47 Å². The molecule has 0 aliphatic heterocycles. The normalized spacial score (nSPS) is 12.2. The SMILES string of the molecule is CC(C)(C)OC(=O)c1cc(N=[N+]=[N-])cc(NC(=O)OCC2c3ccccc3-c3ccccc32)c1. The van der Waals surface area contributed by atoms with Crippen LogP contribution in [0.4, 0.5) is 16.2 Å². The molecule has 0 saturated heterocycles. The summed E-state index contributed by atoms with van der Waals surface area (Å²) < 4.78 is 10.9. The second kappa shape index (κ2) is 9.29. The van der Waals surface area contributed by atoms with E-state index >= 15 is 0 Å². The first-order valence-corrected chi connectivity index (χ1v) is 10.8. The lowest BCUT2D eigenvalue weighted by molar-refractivity contribution is 0.00694. The van der Waals surface area contributed by atoms with E-state index in [9.17, 15) is 9.59 Å². The molecule has 1 N–H and O–H groups in total. The van der Waals surface area contributed by atoms with Crippen molar-refractivity contribution >= 4 is 23.4 Å². The van der Waals surface area contributed by atoms with E-state index in [0.717, 1.165) is 22.3 Å². The minimum absolute atomic E-state index is 0.0787. The summed E-state index contributed by atoms with van der Waals surface area (Å²) in [6.45, 7) is 5.39. The largest absolute Gasteiger partial charge is 0.456 e. The number of fused-ring (bicyclic) bond motifs is 3. The maximum Gasteiger partial charge on any atom is 0.411 e. The van der Waals surface area contributed by atoms with Crippen LogP contribution in [0.5, 0.6) is 0 Å². The van der Waals surface area contributed by atoms with E-state index < -0.39 is 17.7 Å². The average Bonchev–Trinajstić information content (AvgIpc) is 3.10. The van der Waals surface area contributed by atoms with E-state index in [-0.39, 0.29) is 29.5 Å². The van der Waals surface area contributed by atoms with Crippen molar-refractivity contribution in [3.8, 4) is 11.1 Å². The van der Waals surface area contributed by atoms with Gasteiger partial charge in [-0.2, -0.15) is 0 Å². The number of carbonyl (C=O) groups is 2. The molecule has 0 saturated carbocycles. The van der Waals surface area contributed by atoms with Gasteiger partial charge in [-0.1, -0.05) is 53.6 Å². The number of ether oxygens (including phenoxy) is 2. The van der Waals surface area contributed by atoms with Crippen LogP contribution in [0.3, 0.4) is 0 Å². The Bertz CT molecular complexity index is 1260. The molecule has 3 aromatic rings. The Hall–Kier alpha value is -4.29. The van der Waals surface area contributed by atoms with Gasteiger partial charge >= 0.3 is 12.1 Å². The molecule has 0 atom stereocenters. The first-order chi connectivity index (χ1) is 16.2. The van der Waals surface area contributed by atoms with Crippen LogP contribution in [0.1, 0.15) is 48.2 Å². The Balaban J connectivity index is 1.50. The van der Waals surface area contributed by atoms with Crippen LogP contribution in [0.15, 0.2) is 71.8 Å². The third-order valence-corrected chi connectivity index (χ3v) is 5.30. The third kappa shape index (κ3) is 5.03. The van der Waals surface area contributed by atoms with Crippen molar-refractivity contribution in [2.45, 2.75) is 32.3 Å². The van der Waals surface area contributed by atoms with Crippen molar-refractivity contribution in [2.24, 2.45) is 5.11 Å².